The molecule has 1 aromatic heterocycles. The lowest BCUT2D eigenvalue weighted by Gasteiger charge is -2.00. The van der Waals surface area contributed by atoms with Crippen molar-refractivity contribution in [1.29, 1.82) is 0 Å². The molecule has 0 aliphatic carbocycles. The van der Waals surface area contributed by atoms with E-state index in [9.17, 15) is 0 Å². The molecule has 5 heteroatoms. The summed E-state index contributed by atoms with van der Waals surface area (Å²) in [6, 6.07) is 9.14. The van der Waals surface area contributed by atoms with Gasteiger partial charge in [0.2, 0.25) is 0 Å². The largest absolute Gasteiger partial charge is 0.307 e. The Morgan fingerprint density at radius 1 is 1.08 bits per heavy atom. The molecule has 66 valence electrons. The molecule has 0 saturated heterocycles. The summed E-state index contributed by atoms with van der Waals surface area (Å²) in [4.78, 5) is 9.76. The van der Waals surface area contributed by atoms with Gasteiger partial charge in [-0.05, 0) is 12.1 Å². The van der Waals surface area contributed by atoms with E-state index < -0.39 is 0 Å². The van der Waals surface area contributed by atoms with E-state index in [1.807, 2.05) is 18.2 Å². The third kappa shape index (κ3) is 1.96. The zero-order valence-corrected chi connectivity index (χ0v) is 6.68. The molecular formula is C8H7N3O2. The lowest BCUT2D eigenvalue weighted by atomic mass is 10.3. The Morgan fingerprint density at radius 2 is 1.92 bits per heavy atom. The molecule has 0 saturated carbocycles. The molecule has 0 bridgehead atoms. The smallest absolute Gasteiger partial charge is 0.288 e. The second-order valence-corrected chi connectivity index (χ2v) is 2.29. The van der Waals surface area contributed by atoms with Gasteiger partial charge in [-0.1, -0.05) is 18.2 Å². The third-order valence-electron chi connectivity index (χ3n) is 1.36. The second-order valence-electron chi connectivity index (χ2n) is 2.29. The number of aromatic amines is 1. The maximum atomic E-state index is 4.93. The summed E-state index contributed by atoms with van der Waals surface area (Å²) in [6.45, 7) is 0. The van der Waals surface area contributed by atoms with Crippen molar-refractivity contribution < 1.29 is 9.78 Å². The van der Waals surface area contributed by atoms with E-state index in [1.165, 1.54) is 6.20 Å². The van der Waals surface area contributed by atoms with Crippen molar-refractivity contribution in [2.24, 2.45) is 0 Å². The minimum absolute atomic E-state index is 0.295. The summed E-state index contributed by atoms with van der Waals surface area (Å²) in [6.07, 6.45) is 1.42. The first-order chi connectivity index (χ1) is 6.45. The number of hydrogen-bond donors (Lipinski definition) is 1. The van der Waals surface area contributed by atoms with Crippen LogP contribution in [0.15, 0.2) is 36.5 Å². The molecule has 1 heterocycles. The number of hydrogen-bond acceptors (Lipinski definition) is 4. The Balaban J connectivity index is 1.94. The van der Waals surface area contributed by atoms with Gasteiger partial charge in [0, 0.05) is 0 Å². The van der Waals surface area contributed by atoms with Crippen molar-refractivity contribution in [2.45, 2.75) is 0 Å². The van der Waals surface area contributed by atoms with Crippen molar-refractivity contribution in [1.82, 2.24) is 15.4 Å². The van der Waals surface area contributed by atoms with Gasteiger partial charge in [-0.15, -0.1) is 5.10 Å². The highest BCUT2D eigenvalue weighted by Crippen LogP contribution is 2.10. The molecule has 0 spiro atoms. The van der Waals surface area contributed by atoms with Crippen LogP contribution in [0.3, 0.4) is 0 Å². The zero-order chi connectivity index (χ0) is 8.93. The van der Waals surface area contributed by atoms with Gasteiger partial charge in [0.15, 0.2) is 5.75 Å². The quantitative estimate of drug-likeness (QED) is 0.564. The van der Waals surface area contributed by atoms with Gasteiger partial charge in [0.25, 0.3) is 0 Å². The van der Waals surface area contributed by atoms with Crippen molar-refractivity contribution in [3.8, 4) is 11.6 Å². The summed E-state index contributed by atoms with van der Waals surface area (Å²) < 4.78 is 0. The topological polar surface area (TPSA) is 60.0 Å². The van der Waals surface area contributed by atoms with E-state index in [-0.39, 0.29) is 0 Å². The van der Waals surface area contributed by atoms with Crippen LogP contribution in [0.1, 0.15) is 0 Å². The lowest BCUT2D eigenvalue weighted by molar-refractivity contribution is -0.104. The highest BCUT2D eigenvalue weighted by Gasteiger charge is 1.97. The van der Waals surface area contributed by atoms with Gasteiger partial charge in [0.05, 0.1) is 0 Å². The van der Waals surface area contributed by atoms with Crippen LogP contribution in [0.25, 0.3) is 0 Å². The standard InChI is InChI=1S/C8H7N3O2/c1-2-4-7(5-3-1)12-13-8-6-9-11-10-8/h1-6H,(H,9,10,11). The molecule has 5 nitrogen and oxygen atoms in total. The van der Waals surface area contributed by atoms with Crippen molar-refractivity contribution in [3.63, 3.8) is 0 Å². The highest BCUT2D eigenvalue weighted by atomic mass is 17.2. The number of rotatable bonds is 3. The fourth-order valence-corrected chi connectivity index (χ4v) is 0.798. The van der Waals surface area contributed by atoms with Gasteiger partial charge < -0.3 is 0 Å². The molecule has 2 aromatic rings. The minimum Gasteiger partial charge on any atom is -0.288 e. The number of benzene rings is 1. The molecule has 0 fully saturated rings. The molecule has 1 aromatic carbocycles. The SMILES string of the molecule is c1ccc(OOc2cn[nH]n2)cc1. The van der Waals surface area contributed by atoms with E-state index in [0.29, 0.717) is 11.6 Å². The first-order valence-corrected chi connectivity index (χ1v) is 3.70. The van der Waals surface area contributed by atoms with Gasteiger partial charge in [-0.3, -0.25) is 9.78 Å². The van der Waals surface area contributed by atoms with E-state index in [1.54, 1.807) is 12.1 Å². The number of H-pyrrole nitrogens is 1. The molecule has 1 N–H and O–H groups in total. The average molecular weight is 177 g/mol. The molecule has 13 heavy (non-hydrogen) atoms. The highest BCUT2D eigenvalue weighted by molar-refractivity contribution is 5.20. The Kier molecular flexibility index (Phi) is 2.09. The van der Waals surface area contributed by atoms with Gasteiger partial charge in [-0.25, -0.2) is 0 Å². The van der Waals surface area contributed by atoms with Crippen LogP contribution in [0.4, 0.5) is 0 Å². The van der Waals surface area contributed by atoms with Crippen LogP contribution in [0, 0.1) is 0 Å². The van der Waals surface area contributed by atoms with E-state index >= 15 is 0 Å². The van der Waals surface area contributed by atoms with E-state index in [2.05, 4.69) is 15.4 Å². The molecule has 0 atom stereocenters. The second kappa shape index (κ2) is 3.57. The maximum absolute atomic E-state index is 4.93. The molecule has 0 unspecified atom stereocenters. The summed E-state index contributed by atoms with van der Waals surface area (Å²) in [7, 11) is 0. The van der Waals surface area contributed by atoms with Crippen LogP contribution in [-0.2, 0) is 0 Å². The summed E-state index contributed by atoms with van der Waals surface area (Å²) in [5.41, 5.74) is 0. The molecule has 0 aliphatic rings. The monoisotopic (exact) mass is 177 g/mol. The number of aromatic nitrogens is 3. The summed E-state index contributed by atoms with van der Waals surface area (Å²) in [5, 5.41) is 9.60. The maximum Gasteiger partial charge on any atom is 0.307 e. The van der Waals surface area contributed by atoms with Gasteiger partial charge >= 0.3 is 5.88 Å². The van der Waals surface area contributed by atoms with Crippen LogP contribution < -0.4 is 9.78 Å². The zero-order valence-electron chi connectivity index (χ0n) is 6.68. The summed E-state index contributed by atoms with van der Waals surface area (Å²) >= 11 is 0. The van der Waals surface area contributed by atoms with Crippen LogP contribution in [0.2, 0.25) is 0 Å². The number of nitrogens with zero attached hydrogens (tertiary/aromatic N) is 2. The van der Waals surface area contributed by atoms with Gasteiger partial charge in [-0.2, -0.15) is 10.3 Å². The fourth-order valence-electron chi connectivity index (χ4n) is 0.798. The number of para-hydroxylation sites is 1. The predicted molar refractivity (Wildman–Crippen MR) is 44.1 cm³/mol. The third-order valence-corrected chi connectivity index (χ3v) is 1.36. The van der Waals surface area contributed by atoms with Crippen LogP contribution >= 0.6 is 0 Å². The first-order valence-electron chi connectivity index (χ1n) is 3.70. The van der Waals surface area contributed by atoms with E-state index in [4.69, 9.17) is 9.78 Å². The molecular weight excluding hydrogens is 170 g/mol. The van der Waals surface area contributed by atoms with Crippen molar-refractivity contribution >= 4 is 0 Å². The lowest BCUT2D eigenvalue weighted by Crippen LogP contribution is -2.00. The van der Waals surface area contributed by atoms with Gasteiger partial charge in [0.1, 0.15) is 6.20 Å². The summed E-state index contributed by atoms with van der Waals surface area (Å²) in [5.74, 6) is 0.911. The Morgan fingerprint density at radius 3 is 2.62 bits per heavy atom. The Labute approximate surface area is 74.2 Å². The molecule has 0 amide bonds. The predicted octanol–water partition coefficient (Wildman–Crippen LogP) is 1.18. The minimum atomic E-state index is 0.295. The molecule has 0 radical (unpaired) electrons. The average Bonchev–Trinajstić information content (AvgIpc) is 2.69. The Bertz CT molecular complexity index is 347. The van der Waals surface area contributed by atoms with E-state index in [0.717, 1.165) is 0 Å². The first kappa shape index (κ1) is 7.60. The fraction of sp³-hybridized carbons (Fsp3) is 0. The number of nitrogens with one attached hydrogen (secondary N) is 1. The van der Waals surface area contributed by atoms with Crippen LogP contribution in [-0.4, -0.2) is 15.4 Å². The van der Waals surface area contributed by atoms with Crippen LogP contribution in [0.5, 0.6) is 11.6 Å². The molecule has 2 rings (SSSR count). The van der Waals surface area contributed by atoms with Crippen molar-refractivity contribution in [3.05, 3.63) is 36.5 Å². The Hall–Kier alpha value is -2.04. The van der Waals surface area contributed by atoms with Crippen molar-refractivity contribution in [2.75, 3.05) is 0 Å². The normalized spacial score (nSPS) is 9.54. The molecule has 0 aliphatic heterocycles.